The summed E-state index contributed by atoms with van der Waals surface area (Å²) in [6.45, 7) is 1.31. The van der Waals surface area contributed by atoms with E-state index in [4.69, 9.17) is 8.80 Å². The molecule has 30 heavy (non-hydrogen) atoms. The molecule has 1 heterocycles. The van der Waals surface area contributed by atoms with Crippen molar-refractivity contribution in [2.45, 2.75) is 13.1 Å². The molecule has 0 saturated heterocycles. The van der Waals surface area contributed by atoms with E-state index in [-0.39, 0.29) is 5.95 Å². The largest absolute Gasteiger partial charge is 0.425 e. The van der Waals surface area contributed by atoms with Crippen molar-refractivity contribution < 1.29 is 3.07 Å². The predicted molar refractivity (Wildman–Crippen MR) is 128 cm³/mol. The molecule has 0 aliphatic carbocycles. The highest BCUT2D eigenvalue weighted by molar-refractivity contribution is 14.1. The lowest BCUT2D eigenvalue weighted by Crippen LogP contribution is -2.20. The highest BCUT2D eigenvalue weighted by Crippen LogP contribution is 2.27. The summed E-state index contributed by atoms with van der Waals surface area (Å²) in [6, 6.07) is 22.4. The molecule has 0 spiro atoms. The van der Waals surface area contributed by atoms with Crippen molar-refractivity contribution in [1.82, 2.24) is 19.9 Å². The van der Waals surface area contributed by atoms with E-state index in [1.165, 1.54) is 16.3 Å². The van der Waals surface area contributed by atoms with E-state index < -0.39 is 0 Å². The molecule has 0 fully saturated rings. The molecule has 0 atom stereocenters. The van der Waals surface area contributed by atoms with Crippen molar-refractivity contribution in [3.05, 3.63) is 78.1 Å². The van der Waals surface area contributed by atoms with E-state index in [0.29, 0.717) is 24.1 Å². The van der Waals surface area contributed by atoms with Crippen LogP contribution >= 0.6 is 23.0 Å². The minimum atomic E-state index is 0.175. The summed E-state index contributed by atoms with van der Waals surface area (Å²) in [5.74, 6) is 1.85. The molecule has 152 valence electrons. The van der Waals surface area contributed by atoms with Crippen molar-refractivity contribution in [1.29, 1.82) is 0 Å². The fraction of sp³-hybridized carbons (Fsp3) is 0.136. The third kappa shape index (κ3) is 4.95. The number of halogens is 1. The predicted octanol–water partition coefficient (Wildman–Crippen LogP) is 4.71. The molecule has 1 aromatic heterocycles. The van der Waals surface area contributed by atoms with Gasteiger partial charge in [0.25, 0.3) is 0 Å². The number of nitrogen functional groups attached to an aromatic ring is 1. The Bertz CT molecular complexity index is 1170. The Hall–Kier alpha value is -2.98. The van der Waals surface area contributed by atoms with Crippen molar-refractivity contribution in [3.63, 3.8) is 0 Å². The fourth-order valence-electron chi connectivity index (χ4n) is 3.27. The van der Waals surface area contributed by atoms with Gasteiger partial charge in [-0.1, -0.05) is 48.5 Å². The van der Waals surface area contributed by atoms with Crippen LogP contribution in [0.1, 0.15) is 11.4 Å². The molecule has 4 aromatic rings. The number of rotatable bonds is 7. The molecule has 0 radical (unpaired) electrons. The van der Waals surface area contributed by atoms with Gasteiger partial charge in [-0.3, -0.25) is 4.90 Å². The maximum Gasteiger partial charge on any atom is 0.232 e. The number of para-hydroxylation sites is 2. The number of aromatic nitrogens is 3. The number of anilines is 3. The lowest BCUT2D eigenvalue weighted by atomic mass is 10.1. The summed E-state index contributed by atoms with van der Waals surface area (Å²) in [6.07, 6.45) is 0. The Morgan fingerprint density at radius 3 is 2.53 bits per heavy atom. The van der Waals surface area contributed by atoms with Gasteiger partial charge in [-0.25, -0.2) is 0 Å². The van der Waals surface area contributed by atoms with E-state index in [2.05, 4.69) is 67.6 Å². The minimum absolute atomic E-state index is 0.175. The van der Waals surface area contributed by atoms with Gasteiger partial charge >= 0.3 is 0 Å². The number of hydrogen-bond donors (Lipinski definition) is 2. The van der Waals surface area contributed by atoms with E-state index in [0.717, 1.165) is 12.2 Å². The molecule has 7 nitrogen and oxygen atoms in total. The first-order valence-corrected chi connectivity index (χ1v) is 10.3. The highest BCUT2D eigenvalue weighted by atomic mass is 127. The Balaban J connectivity index is 1.48. The standard InChI is InChI=1S/C22H21IN6O/c1-29(13-15-10-11-16-6-2-3-7-17(16)12-15)14-20-26-21(24)28-22(27-20)25-18-8-4-5-9-19(18)30-23/h2-12H,13-14H2,1H3,(H3,24,25,26,27,28). The number of nitrogens with one attached hydrogen (secondary N) is 1. The molecular weight excluding hydrogens is 491 g/mol. The third-order valence-electron chi connectivity index (χ3n) is 4.59. The lowest BCUT2D eigenvalue weighted by molar-refractivity contribution is 0.310. The van der Waals surface area contributed by atoms with Crippen molar-refractivity contribution in [2.24, 2.45) is 0 Å². The molecule has 0 unspecified atom stereocenters. The van der Waals surface area contributed by atoms with Crippen LogP contribution in [0.25, 0.3) is 10.8 Å². The second-order valence-corrected chi connectivity index (χ2v) is 7.43. The Morgan fingerprint density at radius 2 is 1.70 bits per heavy atom. The van der Waals surface area contributed by atoms with Gasteiger partial charge in [-0.05, 0) is 41.6 Å². The summed E-state index contributed by atoms with van der Waals surface area (Å²) in [5.41, 5.74) is 7.90. The average molecular weight is 512 g/mol. The monoisotopic (exact) mass is 512 g/mol. The van der Waals surface area contributed by atoms with Gasteiger partial charge in [0.1, 0.15) is 5.82 Å². The first kappa shape index (κ1) is 20.3. The van der Waals surface area contributed by atoms with Crippen LogP contribution in [0.3, 0.4) is 0 Å². The number of nitrogens with zero attached hydrogens (tertiary/aromatic N) is 4. The molecule has 4 rings (SSSR count). The maximum absolute atomic E-state index is 5.92. The zero-order valence-electron chi connectivity index (χ0n) is 16.4. The first-order chi connectivity index (χ1) is 14.6. The van der Waals surface area contributed by atoms with Gasteiger partial charge in [0.15, 0.2) is 28.8 Å². The van der Waals surface area contributed by atoms with Gasteiger partial charge < -0.3 is 14.1 Å². The van der Waals surface area contributed by atoms with Crippen molar-refractivity contribution in [3.8, 4) is 5.75 Å². The molecule has 0 amide bonds. The van der Waals surface area contributed by atoms with Crippen LogP contribution in [0, 0.1) is 0 Å². The van der Waals surface area contributed by atoms with Crippen LogP contribution in [0.15, 0.2) is 66.7 Å². The topological polar surface area (TPSA) is 89.2 Å². The molecular formula is C22H21IN6O. The van der Waals surface area contributed by atoms with Crippen LogP contribution < -0.4 is 14.1 Å². The maximum atomic E-state index is 5.92. The van der Waals surface area contributed by atoms with E-state index >= 15 is 0 Å². The van der Waals surface area contributed by atoms with Gasteiger partial charge in [0, 0.05) is 6.54 Å². The Kier molecular flexibility index (Phi) is 6.24. The van der Waals surface area contributed by atoms with Gasteiger partial charge in [-0.2, -0.15) is 15.0 Å². The molecule has 3 aromatic carbocycles. The van der Waals surface area contributed by atoms with Gasteiger partial charge in [0.05, 0.1) is 12.2 Å². The average Bonchev–Trinajstić information content (AvgIpc) is 2.73. The van der Waals surface area contributed by atoms with Crippen LogP contribution in [0.2, 0.25) is 0 Å². The fourth-order valence-corrected chi connectivity index (χ4v) is 3.65. The van der Waals surface area contributed by atoms with Crippen molar-refractivity contribution in [2.75, 3.05) is 18.1 Å². The van der Waals surface area contributed by atoms with Crippen LogP contribution in [0.5, 0.6) is 5.75 Å². The molecule has 0 aliphatic rings. The molecule has 8 heteroatoms. The molecule has 0 aliphatic heterocycles. The quantitative estimate of drug-likeness (QED) is 0.347. The zero-order valence-corrected chi connectivity index (χ0v) is 18.6. The lowest BCUT2D eigenvalue weighted by Gasteiger charge is -2.17. The normalized spacial score (nSPS) is 11.0. The number of hydrogen-bond acceptors (Lipinski definition) is 7. The van der Waals surface area contributed by atoms with Gasteiger partial charge in [0.2, 0.25) is 11.9 Å². The minimum Gasteiger partial charge on any atom is -0.425 e. The van der Waals surface area contributed by atoms with E-state index in [9.17, 15) is 0 Å². The molecule has 0 bridgehead atoms. The smallest absolute Gasteiger partial charge is 0.232 e. The molecule has 3 N–H and O–H groups in total. The van der Waals surface area contributed by atoms with Crippen LogP contribution in [0.4, 0.5) is 17.6 Å². The van der Waals surface area contributed by atoms with E-state index in [1.807, 2.05) is 54.3 Å². The number of nitrogens with two attached hydrogens (primary N) is 1. The second-order valence-electron chi connectivity index (χ2n) is 6.99. The van der Waals surface area contributed by atoms with Crippen LogP contribution in [-0.2, 0) is 13.1 Å². The second kappa shape index (κ2) is 9.23. The summed E-state index contributed by atoms with van der Waals surface area (Å²) < 4.78 is 5.34. The Morgan fingerprint density at radius 1 is 0.933 bits per heavy atom. The summed E-state index contributed by atoms with van der Waals surface area (Å²) in [5, 5.41) is 5.63. The summed E-state index contributed by atoms with van der Waals surface area (Å²) in [7, 11) is 2.03. The number of benzene rings is 3. The third-order valence-corrected chi connectivity index (χ3v) is 5.07. The summed E-state index contributed by atoms with van der Waals surface area (Å²) in [4.78, 5) is 15.2. The Labute approximate surface area is 189 Å². The summed E-state index contributed by atoms with van der Waals surface area (Å²) >= 11 is 1.84. The van der Waals surface area contributed by atoms with Crippen molar-refractivity contribution >= 4 is 51.4 Å². The first-order valence-electron chi connectivity index (χ1n) is 9.42. The SMILES string of the molecule is CN(Cc1ccc2ccccc2c1)Cc1nc(N)nc(Nc2ccccc2OI)n1. The van der Waals surface area contributed by atoms with Crippen LogP contribution in [-0.4, -0.2) is 26.9 Å². The highest BCUT2D eigenvalue weighted by Gasteiger charge is 2.10. The van der Waals surface area contributed by atoms with E-state index in [1.54, 1.807) is 0 Å². The number of fused-ring (bicyclic) bond motifs is 1. The van der Waals surface area contributed by atoms with Gasteiger partial charge in [-0.15, -0.1) is 0 Å². The zero-order chi connectivity index (χ0) is 20.9. The molecule has 0 saturated carbocycles.